The number of ether oxygens (including phenoxy) is 1. The Morgan fingerprint density at radius 2 is 2.47 bits per heavy atom. The zero-order valence-electron chi connectivity index (χ0n) is 10.0. The number of pyridine rings is 1. The van der Waals surface area contributed by atoms with E-state index >= 15 is 0 Å². The third kappa shape index (κ3) is 3.18. The van der Waals surface area contributed by atoms with Crippen molar-refractivity contribution >= 4 is 21.7 Å². The minimum Gasteiger partial charge on any atom is -0.376 e. The molecule has 0 saturated carbocycles. The van der Waals surface area contributed by atoms with E-state index in [0.717, 1.165) is 41.8 Å². The summed E-state index contributed by atoms with van der Waals surface area (Å²) in [4.78, 5) is 6.56. The fourth-order valence-corrected chi connectivity index (χ4v) is 2.53. The quantitative estimate of drug-likeness (QED) is 0.923. The Morgan fingerprint density at radius 3 is 3.12 bits per heavy atom. The van der Waals surface area contributed by atoms with Gasteiger partial charge in [0.1, 0.15) is 5.82 Å². The summed E-state index contributed by atoms with van der Waals surface area (Å²) in [5.74, 6) is 0.950. The van der Waals surface area contributed by atoms with Crippen LogP contribution in [0.15, 0.2) is 16.7 Å². The van der Waals surface area contributed by atoms with Crippen molar-refractivity contribution < 1.29 is 4.74 Å². The largest absolute Gasteiger partial charge is 0.376 e. The lowest BCUT2D eigenvalue weighted by Crippen LogP contribution is -2.30. The van der Waals surface area contributed by atoms with Crippen LogP contribution in [0.5, 0.6) is 0 Å². The second kappa shape index (κ2) is 5.80. The van der Waals surface area contributed by atoms with Gasteiger partial charge in [0.25, 0.3) is 0 Å². The maximum Gasteiger partial charge on any atom is 0.132 e. The molecule has 0 aliphatic carbocycles. The average molecular weight is 300 g/mol. The summed E-state index contributed by atoms with van der Waals surface area (Å²) in [7, 11) is 2.04. The first-order valence-corrected chi connectivity index (χ1v) is 6.67. The van der Waals surface area contributed by atoms with E-state index in [0.29, 0.717) is 12.6 Å². The third-order valence-corrected chi connectivity index (χ3v) is 3.43. The first-order chi connectivity index (χ1) is 8.20. The van der Waals surface area contributed by atoms with Gasteiger partial charge in [-0.1, -0.05) is 0 Å². The number of halogens is 1. The molecular formula is C12H18BrN3O. The lowest BCUT2D eigenvalue weighted by molar-refractivity contribution is 0.116. The molecule has 2 N–H and O–H groups in total. The van der Waals surface area contributed by atoms with Gasteiger partial charge >= 0.3 is 0 Å². The minimum atomic E-state index is 0.330. The number of nitrogens with two attached hydrogens (primary N) is 1. The molecule has 1 saturated heterocycles. The van der Waals surface area contributed by atoms with Crippen LogP contribution >= 0.6 is 15.9 Å². The van der Waals surface area contributed by atoms with E-state index in [1.54, 1.807) is 6.20 Å². The highest BCUT2D eigenvalue weighted by Gasteiger charge is 2.19. The van der Waals surface area contributed by atoms with E-state index in [2.05, 4.69) is 25.8 Å². The van der Waals surface area contributed by atoms with E-state index in [4.69, 9.17) is 10.5 Å². The maximum atomic E-state index is 5.75. The van der Waals surface area contributed by atoms with Gasteiger partial charge in [-0.2, -0.15) is 0 Å². The molecule has 2 heterocycles. The number of anilines is 1. The molecule has 0 spiro atoms. The van der Waals surface area contributed by atoms with E-state index in [1.165, 1.54) is 0 Å². The summed E-state index contributed by atoms with van der Waals surface area (Å²) in [6, 6.07) is 2.02. The van der Waals surface area contributed by atoms with Gasteiger partial charge in [-0.3, -0.25) is 0 Å². The molecule has 1 aliphatic heterocycles. The van der Waals surface area contributed by atoms with E-state index in [9.17, 15) is 0 Å². The third-order valence-electron chi connectivity index (χ3n) is 2.99. The van der Waals surface area contributed by atoms with Gasteiger partial charge in [0.2, 0.25) is 0 Å². The standard InChI is InChI=1S/C12H18BrN3O/c1-16(8-11-3-2-4-17-11)12-9(6-14)5-10(13)7-15-12/h5,7,11H,2-4,6,8,14H2,1H3. The van der Waals surface area contributed by atoms with Gasteiger partial charge in [0.15, 0.2) is 0 Å². The van der Waals surface area contributed by atoms with Gasteiger partial charge in [0.05, 0.1) is 6.10 Å². The number of rotatable bonds is 4. The van der Waals surface area contributed by atoms with Crippen molar-refractivity contribution in [1.82, 2.24) is 4.98 Å². The molecule has 1 fully saturated rings. The van der Waals surface area contributed by atoms with Crippen molar-refractivity contribution in [3.8, 4) is 0 Å². The van der Waals surface area contributed by atoms with Gasteiger partial charge in [0, 0.05) is 43.0 Å². The molecule has 2 rings (SSSR count). The Kier molecular flexibility index (Phi) is 4.36. The molecule has 0 amide bonds. The predicted molar refractivity (Wildman–Crippen MR) is 72.1 cm³/mol. The maximum absolute atomic E-state index is 5.75. The highest BCUT2D eigenvalue weighted by atomic mass is 79.9. The Labute approximate surface area is 110 Å². The Bertz CT molecular complexity index is 380. The normalized spacial score (nSPS) is 19.6. The molecule has 94 valence electrons. The Hall–Kier alpha value is -0.650. The molecular weight excluding hydrogens is 282 g/mol. The fourth-order valence-electron chi connectivity index (χ4n) is 2.15. The highest BCUT2D eigenvalue weighted by molar-refractivity contribution is 9.10. The number of hydrogen-bond donors (Lipinski definition) is 1. The topological polar surface area (TPSA) is 51.4 Å². The average Bonchev–Trinajstić information content (AvgIpc) is 2.81. The van der Waals surface area contributed by atoms with E-state index in [1.807, 2.05) is 13.1 Å². The number of hydrogen-bond acceptors (Lipinski definition) is 4. The van der Waals surface area contributed by atoms with Crippen LogP contribution in [0.4, 0.5) is 5.82 Å². The van der Waals surface area contributed by atoms with Crippen LogP contribution in [0.1, 0.15) is 18.4 Å². The van der Waals surface area contributed by atoms with Crippen molar-refractivity contribution in [2.24, 2.45) is 5.73 Å². The summed E-state index contributed by atoms with van der Waals surface area (Å²) in [6.45, 7) is 2.26. The van der Waals surface area contributed by atoms with Crippen LogP contribution in [0.25, 0.3) is 0 Å². The Morgan fingerprint density at radius 1 is 1.65 bits per heavy atom. The van der Waals surface area contributed by atoms with Crippen molar-refractivity contribution in [2.75, 3.05) is 25.1 Å². The smallest absolute Gasteiger partial charge is 0.132 e. The SMILES string of the molecule is CN(CC1CCCO1)c1ncc(Br)cc1CN. The molecule has 1 aromatic rings. The molecule has 1 unspecified atom stereocenters. The van der Waals surface area contributed by atoms with Crippen molar-refractivity contribution in [3.63, 3.8) is 0 Å². The van der Waals surface area contributed by atoms with Gasteiger partial charge in [-0.15, -0.1) is 0 Å². The van der Waals surface area contributed by atoms with Crippen molar-refractivity contribution in [2.45, 2.75) is 25.5 Å². The molecule has 0 bridgehead atoms. The summed E-state index contributed by atoms with van der Waals surface area (Å²) in [6.07, 6.45) is 4.44. The van der Waals surface area contributed by atoms with Crippen molar-refractivity contribution in [1.29, 1.82) is 0 Å². The molecule has 17 heavy (non-hydrogen) atoms. The number of nitrogens with zero attached hydrogens (tertiary/aromatic N) is 2. The van der Waals surface area contributed by atoms with Gasteiger partial charge < -0.3 is 15.4 Å². The minimum absolute atomic E-state index is 0.330. The van der Waals surface area contributed by atoms with Crippen molar-refractivity contribution in [3.05, 3.63) is 22.3 Å². The van der Waals surface area contributed by atoms with Crippen LogP contribution in [-0.4, -0.2) is 31.3 Å². The second-order valence-electron chi connectivity index (χ2n) is 4.36. The number of likely N-dealkylation sites (N-methyl/N-ethyl adjacent to an activating group) is 1. The number of aromatic nitrogens is 1. The lowest BCUT2D eigenvalue weighted by Gasteiger charge is -2.23. The summed E-state index contributed by atoms with van der Waals surface area (Å²) in [5, 5.41) is 0. The molecule has 1 aliphatic rings. The van der Waals surface area contributed by atoms with Crippen LogP contribution in [0, 0.1) is 0 Å². The summed E-state index contributed by atoms with van der Waals surface area (Å²) in [5.41, 5.74) is 6.80. The molecule has 4 nitrogen and oxygen atoms in total. The summed E-state index contributed by atoms with van der Waals surface area (Å²) < 4.78 is 6.60. The Balaban J connectivity index is 2.09. The van der Waals surface area contributed by atoms with Crippen LogP contribution in [-0.2, 0) is 11.3 Å². The molecule has 5 heteroatoms. The molecule has 0 aromatic carbocycles. The zero-order chi connectivity index (χ0) is 12.3. The van der Waals surface area contributed by atoms with Gasteiger partial charge in [-0.05, 0) is 34.8 Å². The molecule has 0 radical (unpaired) electrons. The first kappa shape index (κ1) is 12.8. The van der Waals surface area contributed by atoms with Crippen LogP contribution < -0.4 is 10.6 Å². The zero-order valence-corrected chi connectivity index (χ0v) is 11.6. The second-order valence-corrected chi connectivity index (χ2v) is 5.27. The first-order valence-electron chi connectivity index (χ1n) is 5.88. The van der Waals surface area contributed by atoms with E-state index in [-0.39, 0.29) is 0 Å². The molecule has 1 atom stereocenters. The lowest BCUT2D eigenvalue weighted by atomic mass is 10.2. The highest BCUT2D eigenvalue weighted by Crippen LogP contribution is 2.22. The molecule has 1 aromatic heterocycles. The van der Waals surface area contributed by atoms with Crippen LogP contribution in [0.2, 0.25) is 0 Å². The van der Waals surface area contributed by atoms with Crippen LogP contribution in [0.3, 0.4) is 0 Å². The summed E-state index contributed by atoms with van der Waals surface area (Å²) >= 11 is 3.41. The predicted octanol–water partition coefficient (Wildman–Crippen LogP) is 1.92. The monoisotopic (exact) mass is 299 g/mol. The van der Waals surface area contributed by atoms with Gasteiger partial charge in [-0.25, -0.2) is 4.98 Å². The van der Waals surface area contributed by atoms with E-state index < -0.39 is 0 Å². The fraction of sp³-hybridized carbons (Fsp3) is 0.583.